The summed E-state index contributed by atoms with van der Waals surface area (Å²) >= 11 is 12.0. The van der Waals surface area contributed by atoms with Crippen molar-refractivity contribution in [2.24, 2.45) is 0 Å². The van der Waals surface area contributed by atoms with Crippen molar-refractivity contribution in [2.75, 3.05) is 23.8 Å². The maximum absolute atomic E-state index is 12.9. The zero-order valence-corrected chi connectivity index (χ0v) is 19.5. The van der Waals surface area contributed by atoms with Gasteiger partial charge in [0, 0.05) is 10.7 Å². The number of rotatable bonds is 8. The summed E-state index contributed by atoms with van der Waals surface area (Å²) in [4.78, 5) is 12.2. The minimum Gasteiger partial charge on any atom is -0.495 e. The van der Waals surface area contributed by atoms with E-state index in [4.69, 9.17) is 32.7 Å². The molecule has 3 aromatic carbocycles. The summed E-state index contributed by atoms with van der Waals surface area (Å²) in [6.45, 7) is 1.55. The molecule has 3 rings (SSSR count). The second kappa shape index (κ2) is 10.1. The van der Waals surface area contributed by atoms with Gasteiger partial charge in [-0.3, -0.25) is 9.52 Å². The van der Waals surface area contributed by atoms with Gasteiger partial charge in [-0.2, -0.15) is 0 Å². The van der Waals surface area contributed by atoms with Crippen LogP contribution in [0.4, 0.5) is 11.4 Å². The van der Waals surface area contributed by atoms with E-state index in [1.165, 1.54) is 31.4 Å². The van der Waals surface area contributed by atoms with Crippen LogP contribution in [0.1, 0.15) is 5.56 Å². The molecule has 0 spiro atoms. The molecule has 0 aliphatic heterocycles. The molecular formula is C22H20Cl2N2O5S. The predicted molar refractivity (Wildman–Crippen MR) is 126 cm³/mol. The van der Waals surface area contributed by atoms with Crippen molar-refractivity contribution in [1.82, 2.24) is 0 Å². The molecule has 0 bridgehead atoms. The molecule has 0 saturated heterocycles. The molecule has 10 heteroatoms. The summed E-state index contributed by atoms with van der Waals surface area (Å²) < 4.78 is 39.0. The molecule has 0 radical (unpaired) electrons. The molecule has 2 N–H and O–H groups in total. The second-order valence-corrected chi connectivity index (χ2v) is 9.16. The van der Waals surface area contributed by atoms with Crippen LogP contribution in [-0.4, -0.2) is 28.0 Å². The number of para-hydroxylation sites is 1. The minimum atomic E-state index is -4.06. The third-order valence-corrected chi connectivity index (χ3v) is 6.49. The highest BCUT2D eigenvalue weighted by Crippen LogP contribution is 2.31. The average Bonchev–Trinajstić information content (AvgIpc) is 2.76. The predicted octanol–water partition coefficient (Wildman–Crippen LogP) is 5.13. The van der Waals surface area contributed by atoms with Gasteiger partial charge in [0.1, 0.15) is 16.4 Å². The van der Waals surface area contributed by atoms with E-state index in [9.17, 15) is 13.2 Å². The Balaban J connectivity index is 1.75. The molecule has 0 saturated carbocycles. The van der Waals surface area contributed by atoms with Crippen LogP contribution in [0, 0.1) is 6.92 Å². The summed E-state index contributed by atoms with van der Waals surface area (Å²) in [6.07, 6.45) is 0. The third-order valence-electron chi connectivity index (χ3n) is 4.35. The van der Waals surface area contributed by atoms with Gasteiger partial charge in [-0.15, -0.1) is 0 Å². The first kappa shape index (κ1) is 23.7. The summed E-state index contributed by atoms with van der Waals surface area (Å²) in [7, 11) is -2.70. The fourth-order valence-corrected chi connectivity index (χ4v) is 4.39. The number of sulfonamides is 1. The second-order valence-electron chi connectivity index (χ2n) is 6.70. The summed E-state index contributed by atoms with van der Waals surface area (Å²) in [6, 6.07) is 15.7. The lowest BCUT2D eigenvalue weighted by Gasteiger charge is -2.14. The van der Waals surface area contributed by atoms with Crippen LogP contribution in [0.15, 0.2) is 65.6 Å². The fourth-order valence-electron chi connectivity index (χ4n) is 2.76. The molecule has 0 aliphatic carbocycles. The largest absolute Gasteiger partial charge is 0.495 e. The SMILES string of the molecule is COc1ccc(NC(=O)COc2ccc(Cl)c(C)c2)cc1S(=O)(=O)Nc1ccccc1Cl. The van der Waals surface area contributed by atoms with E-state index in [1.807, 2.05) is 6.92 Å². The Morgan fingerprint density at radius 2 is 1.75 bits per heavy atom. The molecule has 3 aromatic rings. The highest BCUT2D eigenvalue weighted by Gasteiger charge is 2.22. The van der Waals surface area contributed by atoms with Gasteiger partial charge in [0.25, 0.3) is 15.9 Å². The zero-order chi connectivity index (χ0) is 23.3. The Morgan fingerprint density at radius 1 is 1.00 bits per heavy atom. The van der Waals surface area contributed by atoms with E-state index in [1.54, 1.807) is 36.4 Å². The molecule has 0 unspecified atom stereocenters. The number of anilines is 2. The van der Waals surface area contributed by atoms with Crippen LogP contribution < -0.4 is 19.5 Å². The van der Waals surface area contributed by atoms with E-state index in [0.29, 0.717) is 10.8 Å². The summed E-state index contributed by atoms with van der Waals surface area (Å²) in [5, 5.41) is 3.45. The number of carbonyl (C=O) groups excluding carboxylic acids is 1. The Morgan fingerprint density at radius 3 is 2.44 bits per heavy atom. The first-order valence-electron chi connectivity index (χ1n) is 9.34. The molecule has 32 heavy (non-hydrogen) atoms. The van der Waals surface area contributed by atoms with Crippen LogP contribution in [-0.2, 0) is 14.8 Å². The number of hydrogen-bond donors (Lipinski definition) is 2. The fraction of sp³-hybridized carbons (Fsp3) is 0.136. The van der Waals surface area contributed by atoms with Crippen molar-refractivity contribution in [3.8, 4) is 11.5 Å². The highest BCUT2D eigenvalue weighted by molar-refractivity contribution is 7.92. The number of nitrogens with one attached hydrogen (secondary N) is 2. The molecule has 0 atom stereocenters. The van der Waals surface area contributed by atoms with E-state index in [-0.39, 0.29) is 33.6 Å². The monoisotopic (exact) mass is 494 g/mol. The van der Waals surface area contributed by atoms with Crippen LogP contribution >= 0.6 is 23.2 Å². The van der Waals surface area contributed by atoms with Crippen molar-refractivity contribution in [1.29, 1.82) is 0 Å². The Labute approximate surface area is 196 Å². The van der Waals surface area contributed by atoms with Crippen LogP contribution in [0.5, 0.6) is 11.5 Å². The van der Waals surface area contributed by atoms with Gasteiger partial charge in [0.2, 0.25) is 0 Å². The number of hydrogen-bond acceptors (Lipinski definition) is 5. The van der Waals surface area contributed by atoms with Crippen molar-refractivity contribution in [3.05, 3.63) is 76.3 Å². The third kappa shape index (κ3) is 5.85. The molecule has 0 heterocycles. The number of methoxy groups -OCH3 is 1. The van der Waals surface area contributed by atoms with Crippen LogP contribution in [0.2, 0.25) is 10.0 Å². The van der Waals surface area contributed by atoms with Gasteiger partial charge in [0.05, 0.1) is 17.8 Å². The van der Waals surface area contributed by atoms with Gasteiger partial charge >= 0.3 is 0 Å². The number of benzene rings is 3. The lowest BCUT2D eigenvalue weighted by molar-refractivity contribution is -0.118. The molecule has 0 aliphatic rings. The molecule has 1 amide bonds. The summed E-state index contributed by atoms with van der Waals surface area (Å²) in [5.41, 5.74) is 1.30. The van der Waals surface area contributed by atoms with Gasteiger partial charge in [-0.05, 0) is 61.0 Å². The number of ether oxygens (including phenoxy) is 2. The van der Waals surface area contributed by atoms with Crippen molar-refractivity contribution < 1.29 is 22.7 Å². The van der Waals surface area contributed by atoms with E-state index in [2.05, 4.69) is 10.0 Å². The standard InChI is InChI=1S/C22H20Cl2N2O5S/c1-14-11-16(8-9-17(14)23)31-13-22(27)25-15-7-10-20(30-2)21(12-15)32(28,29)26-19-6-4-3-5-18(19)24/h3-12,26H,13H2,1-2H3,(H,25,27). The zero-order valence-electron chi connectivity index (χ0n) is 17.2. The first-order chi connectivity index (χ1) is 15.2. The van der Waals surface area contributed by atoms with Crippen molar-refractivity contribution in [3.63, 3.8) is 0 Å². The Kier molecular flexibility index (Phi) is 7.50. The van der Waals surface area contributed by atoms with E-state index >= 15 is 0 Å². The molecule has 7 nitrogen and oxygen atoms in total. The molecule has 0 fully saturated rings. The van der Waals surface area contributed by atoms with Crippen LogP contribution in [0.25, 0.3) is 0 Å². The maximum Gasteiger partial charge on any atom is 0.265 e. The normalized spacial score (nSPS) is 11.0. The first-order valence-corrected chi connectivity index (χ1v) is 11.6. The van der Waals surface area contributed by atoms with Gasteiger partial charge in [-0.25, -0.2) is 8.42 Å². The molecule has 0 aromatic heterocycles. The van der Waals surface area contributed by atoms with Gasteiger partial charge < -0.3 is 14.8 Å². The molecule has 168 valence electrons. The van der Waals surface area contributed by atoms with E-state index < -0.39 is 15.9 Å². The number of amides is 1. The number of halogens is 2. The van der Waals surface area contributed by atoms with Crippen LogP contribution in [0.3, 0.4) is 0 Å². The molecular weight excluding hydrogens is 475 g/mol. The minimum absolute atomic E-state index is 0.107. The quantitative estimate of drug-likeness (QED) is 0.452. The summed E-state index contributed by atoms with van der Waals surface area (Å²) in [5.74, 6) is 0.129. The lowest BCUT2D eigenvalue weighted by Crippen LogP contribution is -2.21. The Hall–Kier alpha value is -2.94. The highest BCUT2D eigenvalue weighted by atomic mass is 35.5. The van der Waals surface area contributed by atoms with Gasteiger partial charge in [-0.1, -0.05) is 35.3 Å². The maximum atomic E-state index is 12.9. The number of carbonyl (C=O) groups is 1. The lowest BCUT2D eigenvalue weighted by atomic mass is 10.2. The average molecular weight is 495 g/mol. The number of aryl methyl sites for hydroxylation is 1. The Bertz CT molecular complexity index is 1250. The van der Waals surface area contributed by atoms with Gasteiger partial charge in [0.15, 0.2) is 6.61 Å². The van der Waals surface area contributed by atoms with Crippen molar-refractivity contribution >= 4 is 50.5 Å². The topological polar surface area (TPSA) is 93.7 Å². The van der Waals surface area contributed by atoms with Crippen molar-refractivity contribution in [2.45, 2.75) is 11.8 Å². The smallest absolute Gasteiger partial charge is 0.265 e. The van der Waals surface area contributed by atoms with E-state index in [0.717, 1.165) is 5.56 Å².